The van der Waals surface area contributed by atoms with E-state index in [1.54, 1.807) is 6.07 Å². The summed E-state index contributed by atoms with van der Waals surface area (Å²) in [5, 5.41) is 0. The molecule has 0 atom stereocenters. The van der Waals surface area contributed by atoms with E-state index < -0.39 is 9.84 Å². The van der Waals surface area contributed by atoms with E-state index in [1.807, 2.05) is 18.7 Å². The molecule has 0 saturated heterocycles. The Bertz CT molecular complexity index is 504. The Hall–Kier alpha value is -1.36. The van der Waals surface area contributed by atoms with E-state index in [9.17, 15) is 13.2 Å². The summed E-state index contributed by atoms with van der Waals surface area (Å²) >= 11 is 0. The summed E-state index contributed by atoms with van der Waals surface area (Å²) in [6.07, 6.45) is 1.83. The van der Waals surface area contributed by atoms with Gasteiger partial charge in [0.25, 0.3) is 0 Å². The van der Waals surface area contributed by atoms with E-state index in [4.69, 9.17) is 0 Å². The van der Waals surface area contributed by atoms with Crippen LogP contribution in [0.1, 0.15) is 24.2 Å². The Labute approximate surface area is 102 Å². The fraction of sp³-hybridized carbons (Fsp3) is 0.417. The van der Waals surface area contributed by atoms with E-state index in [2.05, 4.69) is 0 Å². The zero-order valence-electron chi connectivity index (χ0n) is 10.3. The van der Waals surface area contributed by atoms with Crippen LogP contribution in [0.2, 0.25) is 0 Å². The molecule has 0 aliphatic rings. The predicted octanol–water partition coefficient (Wildman–Crippen LogP) is 1.75. The zero-order valence-corrected chi connectivity index (χ0v) is 11.1. The molecule has 0 N–H and O–H groups in total. The van der Waals surface area contributed by atoms with Crippen molar-refractivity contribution in [3.05, 3.63) is 23.8 Å². The summed E-state index contributed by atoms with van der Waals surface area (Å²) in [5.74, 6) is 0. The lowest BCUT2D eigenvalue weighted by Gasteiger charge is -2.22. The van der Waals surface area contributed by atoms with Gasteiger partial charge in [-0.15, -0.1) is 0 Å². The molecular weight excluding hydrogens is 238 g/mol. The van der Waals surface area contributed by atoms with Crippen LogP contribution in [0.3, 0.4) is 0 Å². The molecule has 17 heavy (non-hydrogen) atoms. The molecule has 0 spiro atoms. The van der Waals surface area contributed by atoms with E-state index in [-0.39, 0.29) is 4.90 Å². The third-order valence-corrected chi connectivity index (χ3v) is 3.77. The van der Waals surface area contributed by atoms with Gasteiger partial charge in [-0.2, -0.15) is 0 Å². The summed E-state index contributed by atoms with van der Waals surface area (Å²) in [4.78, 5) is 13.2. The van der Waals surface area contributed by atoms with Crippen LogP contribution < -0.4 is 4.90 Å². The van der Waals surface area contributed by atoms with E-state index in [0.29, 0.717) is 11.8 Å². The first-order valence-corrected chi connectivity index (χ1v) is 7.37. The van der Waals surface area contributed by atoms with Crippen molar-refractivity contribution >= 4 is 21.8 Å². The number of sulfone groups is 1. The summed E-state index contributed by atoms with van der Waals surface area (Å²) in [6.45, 7) is 5.52. The third kappa shape index (κ3) is 3.06. The first kappa shape index (κ1) is 13.7. The largest absolute Gasteiger partial charge is 0.372 e. The van der Waals surface area contributed by atoms with Gasteiger partial charge < -0.3 is 4.90 Å². The number of carbonyl (C=O) groups is 1. The van der Waals surface area contributed by atoms with Gasteiger partial charge in [-0.1, -0.05) is 0 Å². The number of hydrogen-bond acceptors (Lipinski definition) is 4. The summed E-state index contributed by atoms with van der Waals surface area (Å²) in [7, 11) is -3.27. The molecule has 0 bridgehead atoms. The van der Waals surface area contributed by atoms with Crippen molar-refractivity contribution in [1.29, 1.82) is 0 Å². The minimum Gasteiger partial charge on any atom is -0.372 e. The van der Waals surface area contributed by atoms with Crippen LogP contribution in [0.4, 0.5) is 5.69 Å². The normalized spacial score (nSPS) is 11.2. The summed E-state index contributed by atoms with van der Waals surface area (Å²) in [5.41, 5.74) is 1.19. The highest BCUT2D eigenvalue weighted by atomic mass is 32.2. The van der Waals surface area contributed by atoms with Crippen LogP contribution in [0.25, 0.3) is 0 Å². The Morgan fingerprint density at radius 3 is 2.24 bits per heavy atom. The maximum absolute atomic E-state index is 11.4. The number of rotatable bonds is 5. The number of hydrogen-bond donors (Lipinski definition) is 0. The Balaban J connectivity index is 3.32. The van der Waals surface area contributed by atoms with Crippen molar-refractivity contribution in [2.45, 2.75) is 18.7 Å². The van der Waals surface area contributed by atoms with Gasteiger partial charge in [-0.05, 0) is 32.0 Å². The van der Waals surface area contributed by atoms with Gasteiger partial charge in [0.05, 0.1) is 4.90 Å². The SMILES string of the molecule is CCN(CC)c1ccc(S(C)(=O)=O)cc1C=O. The van der Waals surface area contributed by atoms with Gasteiger partial charge in [0, 0.05) is 30.6 Å². The van der Waals surface area contributed by atoms with Crippen molar-refractivity contribution in [3.63, 3.8) is 0 Å². The van der Waals surface area contributed by atoms with Gasteiger partial charge in [-0.3, -0.25) is 4.79 Å². The highest BCUT2D eigenvalue weighted by Gasteiger charge is 2.13. The molecule has 4 nitrogen and oxygen atoms in total. The minimum absolute atomic E-state index is 0.176. The van der Waals surface area contributed by atoms with Crippen LogP contribution in [0.5, 0.6) is 0 Å². The van der Waals surface area contributed by atoms with Gasteiger partial charge in [-0.25, -0.2) is 8.42 Å². The molecule has 0 radical (unpaired) electrons. The first-order chi connectivity index (χ1) is 7.93. The van der Waals surface area contributed by atoms with Crippen LogP contribution in [0.15, 0.2) is 23.1 Å². The van der Waals surface area contributed by atoms with Crippen molar-refractivity contribution in [2.75, 3.05) is 24.2 Å². The average Bonchev–Trinajstić information content (AvgIpc) is 2.29. The Morgan fingerprint density at radius 2 is 1.82 bits per heavy atom. The number of anilines is 1. The van der Waals surface area contributed by atoms with Gasteiger partial charge in [0.15, 0.2) is 16.1 Å². The lowest BCUT2D eigenvalue weighted by Crippen LogP contribution is -2.23. The second-order valence-corrected chi connectivity index (χ2v) is 5.80. The van der Waals surface area contributed by atoms with Crippen molar-refractivity contribution in [1.82, 2.24) is 0 Å². The number of carbonyl (C=O) groups excluding carboxylic acids is 1. The van der Waals surface area contributed by atoms with Crippen LogP contribution >= 0.6 is 0 Å². The molecule has 0 aliphatic carbocycles. The smallest absolute Gasteiger partial charge is 0.175 e. The maximum atomic E-state index is 11.4. The highest BCUT2D eigenvalue weighted by Crippen LogP contribution is 2.22. The number of nitrogens with zero attached hydrogens (tertiary/aromatic N) is 1. The zero-order chi connectivity index (χ0) is 13.1. The molecule has 0 aromatic heterocycles. The van der Waals surface area contributed by atoms with Crippen molar-refractivity contribution in [2.24, 2.45) is 0 Å². The molecule has 1 aromatic carbocycles. The number of aldehydes is 1. The summed E-state index contributed by atoms with van der Waals surface area (Å²) < 4.78 is 22.8. The molecule has 5 heteroatoms. The molecule has 0 unspecified atom stereocenters. The summed E-state index contributed by atoms with van der Waals surface area (Å²) in [6, 6.07) is 4.65. The lowest BCUT2D eigenvalue weighted by atomic mass is 10.1. The Kier molecular flexibility index (Phi) is 4.28. The standard InChI is InChI=1S/C12H17NO3S/c1-4-13(5-2)12-7-6-11(17(3,15)16)8-10(12)9-14/h6-9H,4-5H2,1-3H3. The molecule has 0 fully saturated rings. The fourth-order valence-corrected chi connectivity index (χ4v) is 2.37. The van der Waals surface area contributed by atoms with E-state index >= 15 is 0 Å². The number of benzene rings is 1. The van der Waals surface area contributed by atoms with Crippen molar-refractivity contribution in [3.8, 4) is 0 Å². The molecule has 1 rings (SSSR count). The molecule has 0 aliphatic heterocycles. The lowest BCUT2D eigenvalue weighted by molar-refractivity contribution is 0.112. The fourth-order valence-electron chi connectivity index (χ4n) is 1.71. The van der Waals surface area contributed by atoms with Gasteiger partial charge in [0.1, 0.15) is 0 Å². The van der Waals surface area contributed by atoms with Crippen LogP contribution in [-0.4, -0.2) is 34.0 Å². The molecule has 1 aromatic rings. The quantitative estimate of drug-likeness (QED) is 0.752. The van der Waals surface area contributed by atoms with Crippen molar-refractivity contribution < 1.29 is 13.2 Å². The average molecular weight is 255 g/mol. The van der Waals surface area contributed by atoms with Gasteiger partial charge >= 0.3 is 0 Å². The molecule has 94 valence electrons. The van der Waals surface area contributed by atoms with Gasteiger partial charge in [0.2, 0.25) is 0 Å². The van der Waals surface area contributed by atoms with Crippen LogP contribution in [-0.2, 0) is 9.84 Å². The molecular formula is C12H17NO3S. The van der Waals surface area contributed by atoms with Crippen LogP contribution in [0, 0.1) is 0 Å². The second-order valence-electron chi connectivity index (χ2n) is 3.78. The topological polar surface area (TPSA) is 54.5 Å². The monoisotopic (exact) mass is 255 g/mol. The first-order valence-electron chi connectivity index (χ1n) is 5.48. The van der Waals surface area contributed by atoms with E-state index in [0.717, 1.165) is 25.0 Å². The predicted molar refractivity (Wildman–Crippen MR) is 68.5 cm³/mol. The second kappa shape index (κ2) is 5.31. The van der Waals surface area contributed by atoms with E-state index in [1.165, 1.54) is 12.1 Å². The third-order valence-electron chi connectivity index (χ3n) is 2.66. The highest BCUT2D eigenvalue weighted by molar-refractivity contribution is 7.90. The Morgan fingerprint density at radius 1 is 1.24 bits per heavy atom. The maximum Gasteiger partial charge on any atom is 0.175 e. The minimum atomic E-state index is -3.27. The molecule has 0 heterocycles. The molecule has 0 amide bonds. The molecule has 0 saturated carbocycles.